The summed E-state index contributed by atoms with van der Waals surface area (Å²) >= 11 is 0. The highest BCUT2D eigenvalue weighted by atomic mass is 16.2. The van der Waals surface area contributed by atoms with Crippen LogP contribution in [-0.4, -0.2) is 98.0 Å². The van der Waals surface area contributed by atoms with E-state index in [0.29, 0.717) is 23.2 Å². The highest BCUT2D eigenvalue weighted by molar-refractivity contribution is 5.76. The standard InChI is InChI=1S/C11H24N2.C11H21NO.C11H23N.CH4/c1-11(2,3)5-6-13-9-7-12(4)8-10-13;1-11(2,3)9-10(13)12-7-5-4-6-8-12;1-11(2,3)7-10-12-8-5-4-6-9-12;/h5-10H2,1-4H3;4-9H2,1-3H3;4-10H2,1-3H3;1H4. The normalized spacial score (nSPS) is 20.2. The van der Waals surface area contributed by atoms with Gasteiger partial charge in [0, 0.05) is 45.7 Å². The van der Waals surface area contributed by atoms with Crippen molar-refractivity contribution in [3.8, 4) is 0 Å². The summed E-state index contributed by atoms with van der Waals surface area (Å²) in [5.41, 5.74) is 1.13. The summed E-state index contributed by atoms with van der Waals surface area (Å²) in [7, 11) is 2.21. The number of nitrogens with zero attached hydrogens (tertiary/aromatic N) is 4. The first-order valence-corrected chi connectivity index (χ1v) is 16.0. The Balaban J connectivity index is 0.000000549. The first kappa shape index (κ1) is 38.4. The van der Waals surface area contributed by atoms with Crippen LogP contribution in [0.15, 0.2) is 0 Å². The third-order valence-electron chi connectivity index (χ3n) is 7.79. The molecular weight excluding hydrogens is 480 g/mol. The molecule has 0 N–H and O–H groups in total. The van der Waals surface area contributed by atoms with E-state index >= 15 is 0 Å². The Hall–Kier alpha value is -0.650. The number of carbonyl (C=O) groups is 1. The van der Waals surface area contributed by atoms with Crippen LogP contribution in [0.4, 0.5) is 0 Å². The maximum atomic E-state index is 11.7. The van der Waals surface area contributed by atoms with E-state index in [9.17, 15) is 4.79 Å². The van der Waals surface area contributed by atoms with Crippen LogP contribution in [0.2, 0.25) is 0 Å². The van der Waals surface area contributed by atoms with Crippen LogP contribution < -0.4 is 0 Å². The van der Waals surface area contributed by atoms with Crippen molar-refractivity contribution in [2.75, 3.05) is 72.5 Å². The molecule has 234 valence electrons. The van der Waals surface area contributed by atoms with Gasteiger partial charge in [0.1, 0.15) is 0 Å². The van der Waals surface area contributed by atoms with Gasteiger partial charge in [0.25, 0.3) is 0 Å². The van der Waals surface area contributed by atoms with Gasteiger partial charge in [0.05, 0.1) is 0 Å². The summed E-state index contributed by atoms with van der Waals surface area (Å²) in [4.78, 5) is 21.4. The third kappa shape index (κ3) is 21.7. The number of likely N-dealkylation sites (N-methyl/N-ethyl adjacent to an activating group) is 1. The van der Waals surface area contributed by atoms with Gasteiger partial charge in [-0.3, -0.25) is 4.79 Å². The average molecular weight is 553 g/mol. The highest BCUT2D eigenvalue weighted by Gasteiger charge is 2.22. The lowest BCUT2D eigenvalue weighted by Gasteiger charge is -2.33. The second-order valence-electron chi connectivity index (χ2n) is 15.8. The Labute approximate surface area is 246 Å². The van der Waals surface area contributed by atoms with E-state index in [0.717, 1.165) is 13.1 Å². The van der Waals surface area contributed by atoms with Crippen LogP contribution >= 0.6 is 0 Å². The number of amides is 1. The van der Waals surface area contributed by atoms with E-state index in [1.165, 1.54) is 104 Å². The number of piperidine rings is 2. The Morgan fingerprint density at radius 2 is 0.923 bits per heavy atom. The lowest BCUT2D eigenvalue weighted by atomic mass is 9.91. The van der Waals surface area contributed by atoms with Gasteiger partial charge < -0.3 is 19.6 Å². The van der Waals surface area contributed by atoms with E-state index in [-0.39, 0.29) is 12.8 Å². The van der Waals surface area contributed by atoms with Crippen molar-refractivity contribution < 1.29 is 4.79 Å². The van der Waals surface area contributed by atoms with Crippen LogP contribution in [0.1, 0.15) is 128 Å². The zero-order valence-corrected chi connectivity index (χ0v) is 27.6. The first-order chi connectivity index (χ1) is 17.5. The van der Waals surface area contributed by atoms with Gasteiger partial charge in [-0.2, -0.15) is 0 Å². The molecule has 3 saturated heterocycles. The van der Waals surface area contributed by atoms with E-state index in [1.807, 2.05) is 4.90 Å². The molecule has 0 saturated carbocycles. The van der Waals surface area contributed by atoms with Crippen molar-refractivity contribution in [1.82, 2.24) is 19.6 Å². The van der Waals surface area contributed by atoms with Crippen LogP contribution in [0.5, 0.6) is 0 Å². The van der Waals surface area contributed by atoms with Gasteiger partial charge in [-0.15, -0.1) is 0 Å². The Bertz CT molecular complexity index is 609. The van der Waals surface area contributed by atoms with E-state index < -0.39 is 0 Å². The molecule has 3 fully saturated rings. The maximum absolute atomic E-state index is 11.7. The number of likely N-dealkylation sites (tertiary alicyclic amines) is 2. The fraction of sp³-hybridized carbons (Fsp3) is 0.971. The molecule has 0 radical (unpaired) electrons. The molecule has 0 aliphatic carbocycles. The van der Waals surface area contributed by atoms with E-state index in [1.54, 1.807) is 0 Å². The number of hydrogen-bond donors (Lipinski definition) is 0. The zero-order valence-electron chi connectivity index (χ0n) is 27.6. The summed E-state index contributed by atoms with van der Waals surface area (Å²) < 4.78 is 0. The Morgan fingerprint density at radius 3 is 1.31 bits per heavy atom. The summed E-state index contributed by atoms with van der Waals surface area (Å²) in [6.07, 6.45) is 11.3. The molecule has 0 bridgehead atoms. The molecular formula is C34H72N4O. The number of piperazine rings is 1. The second-order valence-corrected chi connectivity index (χ2v) is 15.8. The number of rotatable bonds is 5. The first-order valence-electron chi connectivity index (χ1n) is 16.0. The minimum Gasteiger partial charge on any atom is -0.343 e. The minimum absolute atomic E-state index is 0. The highest BCUT2D eigenvalue weighted by Crippen LogP contribution is 2.22. The van der Waals surface area contributed by atoms with Crippen molar-refractivity contribution in [2.45, 2.75) is 128 Å². The van der Waals surface area contributed by atoms with Gasteiger partial charge in [-0.05, 0) is 94.4 Å². The number of hydrogen-bond acceptors (Lipinski definition) is 4. The molecule has 3 rings (SSSR count). The topological polar surface area (TPSA) is 30.0 Å². The molecule has 0 unspecified atom stereocenters. The summed E-state index contributed by atoms with van der Waals surface area (Å²) in [5.74, 6) is 0.340. The van der Waals surface area contributed by atoms with Crippen molar-refractivity contribution >= 4 is 5.91 Å². The van der Waals surface area contributed by atoms with Crippen molar-refractivity contribution in [3.05, 3.63) is 0 Å². The smallest absolute Gasteiger partial charge is 0.223 e. The predicted molar refractivity (Wildman–Crippen MR) is 174 cm³/mol. The summed E-state index contributed by atoms with van der Waals surface area (Å²) in [5, 5.41) is 0. The molecule has 0 spiro atoms. The van der Waals surface area contributed by atoms with Gasteiger partial charge in [0.2, 0.25) is 5.91 Å². The summed E-state index contributed by atoms with van der Waals surface area (Å²) in [6.45, 7) is 32.5. The molecule has 0 aromatic rings. The van der Waals surface area contributed by atoms with E-state index in [4.69, 9.17) is 0 Å². The monoisotopic (exact) mass is 553 g/mol. The molecule has 3 aliphatic rings. The van der Waals surface area contributed by atoms with Crippen LogP contribution in [0.3, 0.4) is 0 Å². The van der Waals surface area contributed by atoms with Crippen molar-refractivity contribution in [3.63, 3.8) is 0 Å². The summed E-state index contributed by atoms with van der Waals surface area (Å²) in [6, 6.07) is 0. The Morgan fingerprint density at radius 1 is 0.538 bits per heavy atom. The van der Waals surface area contributed by atoms with Crippen LogP contribution in [0, 0.1) is 16.2 Å². The van der Waals surface area contributed by atoms with Gasteiger partial charge in [0.15, 0.2) is 0 Å². The number of carbonyl (C=O) groups excluding carboxylic acids is 1. The van der Waals surface area contributed by atoms with Crippen molar-refractivity contribution in [1.29, 1.82) is 0 Å². The lowest BCUT2D eigenvalue weighted by molar-refractivity contribution is -0.133. The minimum atomic E-state index is 0. The average Bonchev–Trinajstić information content (AvgIpc) is 2.82. The molecule has 3 heterocycles. The van der Waals surface area contributed by atoms with Crippen LogP contribution in [-0.2, 0) is 4.79 Å². The van der Waals surface area contributed by atoms with E-state index in [2.05, 4.69) is 84.1 Å². The lowest BCUT2D eigenvalue weighted by Crippen LogP contribution is -2.45. The molecule has 39 heavy (non-hydrogen) atoms. The maximum Gasteiger partial charge on any atom is 0.223 e. The SMILES string of the molecule is C.CC(C)(C)CC(=O)N1CCCCC1.CC(C)(C)CCN1CCCCC1.CN1CCN(CCC(C)(C)C)CC1. The largest absolute Gasteiger partial charge is 0.343 e. The molecule has 5 heteroatoms. The van der Waals surface area contributed by atoms with Gasteiger partial charge in [-0.25, -0.2) is 0 Å². The predicted octanol–water partition coefficient (Wildman–Crippen LogP) is 7.65. The molecule has 0 aromatic heterocycles. The third-order valence-corrected chi connectivity index (χ3v) is 7.79. The Kier molecular flexibility index (Phi) is 18.4. The molecule has 0 aromatic carbocycles. The van der Waals surface area contributed by atoms with Crippen LogP contribution in [0.25, 0.3) is 0 Å². The molecule has 0 atom stereocenters. The molecule has 3 aliphatic heterocycles. The quantitative estimate of drug-likeness (QED) is 0.350. The van der Waals surface area contributed by atoms with Gasteiger partial charge >= 0.3 is 0 Å². The molecule has 5 nitrogen and oxygen atoms in total. The van der Waals surface area contributed by atoms with Crippen molar-refractivity contribution in [2.24, 2.45) is 16.2 Å². The molecule has 1 amide bonds. The fourth-order valence-corrected chi connectivity index (χ4v) is 4.95. The fourth-order valence-electron chi connectivity index (χ4n) is 4.95. The van der Waals surface area contributed by atoms with Gasteiger partial charge in [-0.1, -0.05) is 76.2 Å². The second kappa shape index (κ2) is 18.7. The zero-order chi connectivity index (χ0) is 28.8.